The number of hydrogen-bond acceptors (Lipinski definition) is 11. The van der Waals surface area contributed by atoms with E-state index in [1.807, 2.05) is 24.3 Å². The summed E-state index contributed by atoms with van der Waals surface area (Å²) in [6, 6.07) is 22.9. The van der Waals surface area contributed by atoms with Crippen molar-refractivity contribution in [3.63, 3.8) is 0 Å². The Balaban J connectivity index is 0.000000445. The van der Waals surface area contributed by atoms with Crippen molar-refractivity contribution < 1.29 is 158 Å². The van der Waals surface area contributed by atoms with Crippen LogP contribution in [-0.4, -0.2) is 59.2 Å². The third kappa shape index (κ3) is 12.1. The van der Waals surface area contributed by atoms with E-state index < -0.39 is 46.3 Å². The standard InChI is InChI=1S/C24H16N2O6S2.C9H10F3NO2.Eu.2Na/c27-33(28)32-17-5-1-15(2-6-17)19-11-13-25-23-21(19)9-10-22-20(12-14-26-24(22)23)16-3-7-18(8-4-16)34(29,30)31;10-9(11,12)8(15)4-7(14)6-2-1-3-13-5-6;;;/h1-14H,(H,27,28)(H,29,30,31);1-3,5,7-8,14-15H,4H2;;;/q;;;2*+1/p-2. The van der Waals surface area contributed by atoms with Gasteiger partial charge in [-0.15, -0.1) is 0 Å². The number of aliphatic hydroxyl groups excluding tert-OH is 2. The Morgan fingerprint density at radius 1 is 0.788 bits per heavy atom. The normalized spacial score (nSPS) is 12.9. The number of halogens is 3. The molecule has 6 rings (SSSR count). The number of fused-ring (bicyclic) bond motifs is 3. The number of hydrogen-bond donors (Lipinski definition) is 2. The van der Waals surface area contributed by atoms with Crippen molar-refractivity contribution in [1.29, 1.82) is 0 Å². The zero-order valence-electron chi connectivity index (χ0n) is 27.3. The van der Waals surface area contributed by atoms with Gasteiger partial charge in [-0.1, -0.05) is 42.5 Å². The predicted molar refractivity (Wildman–Crippen MR) is 171 cm³/mol. The summed E-state index contributed by atoms with van der Waals surface area (Å²) < 4.78 is 95.7. The van der Waals surface area contributed by atoms with Gasteiger partial charge in [0.25, 0.3) is 0 Å². The van der Waals surface area contributed by atoms with Gasteiger partial charge in [-0.3, -0.25) is 15.0 Å². The Morgan fingerprint density at radius 2 is 1.29 bits per heavy atom. The van der Waals surface area contributed by atoms with E-state index in [0.717, 1.165) is 33.0 Å². The van der Waals surface area contributed by atoms with Crippen LogP contribution in [0.25, 0.3) is 44.1 Å². The van der Waals surface area contributed by atoms with Gasteiger partial charge in [0, 0.05) is 91.4 Å². The molecule has 0 bridgehead atoms. The van der Waals surface area contributed by atoms with Crippen LogP contribution >= 0.6 is 0 Å². The van der Waals surface area contributed by atoms with Crippen molar-refractivity contribution in [3.8, 4) is 28.0 Å². The second-order valence-electron chi connectivity index (χ2n) is 10.5. The number of alkyl halides is 3. The molecule has 0 aliphatic rings. The van der Waals surface area contributed by atoms with Gasteiger partial charge in [0.1, 0.15) is 27.2 Å². The fourth-order valence-corrected chi connectivity index (χ4v) is 5.69. The first-order chi connectivity index (χ1) is 23.2. The Morgan fingerprint density at radius 3 is 1.71 bits per heavy atom. The van der Waals surface area contributed by atoms with Crippen LogP contribution in [0.3, 0.4) is 0 Å². The van der Waals surface area contributed by atoms with Crippen molar-refractivity contribution >= 4 is 43.3 Å². The summed E-state index contributed by atoms with van der Waals surface area (Å²) in [6.07, 6.45) is -3.35. The summed E-state index contributed by atoms with van der Waals surface area (Å²) in [5, 5.41) is 19.7. The summed E-state index contributed by atoms with van der Waals surface area (Å²) in [5.41, 5.74) is 4.89. The molecule has 261 valence electrons. The van der Waals surface area contributed by atoms with Gasteiger partial charge < -0.3 is 23.5 Å². The summed E-state index contributed by atoms with van der Waals surface area (Å²) in [4.78, 5) is 12.4. The molecule has 1 radical (unpaired) electrons. The van der Waals surface area contributed by atoms with Crippen LogP contribution in [0.1, 0.15) is 18.1 Å². The molecule has 19 heteroatoms. The maximum absolute atomic E-state index is 11.9. The molecule has 0 aliphatic heterocycles. The SMILES string of the molecule is O=S([O-])Oc1ccc(-c2ccnc3c2ccc2c(-c4ccc(S(=O)(=O)[O-])cc4)ccnc23)cc1.OC(CC(O)C(F)(F)F)c1cccnc1.[Eu].[Na+].[Na+]. The van der Waals surface area contributed by atoms with Crippen LogP contribution in [-0.2, 0) is 21.5 Å². The summed E-state index contributed by atoms with van der Waals surface area (Å²) in [7, 11) is -4.52. The first-order valence-electron chi connectivity index (χ1n) is 14.2. The first-order valence-corrected chi connectivity index (χ1v) is 16.6. The fraction of sp³-hybridized carbons (Fsp3) is 0.121. The molecular formula is C33H24EuF3N3Na2O8S2. The first kappa shape index (κ1) is 46.9. The number of rotatable bonds is 8. The van der Waals surface area contributed by atoms with E-state index in [2.05, 4.69) is 19.1 Å². The van der Waals surface area contributed by atoms with Gasteiger partial charge >= 0.3 is 65.3 Å². The summed E-state index contributed by atoms with van der Waals surface area (Å²) >= 11 is -2.64. The van der Waals surface area contributed by atoms with E-state index in [0.29, 0.717) is 11.0 Å². The Kier molecular flexibility index (Phi) is 18.6. The molecule has 0 spiro atoms. The third-order valence-corrected chi connectivity index (χ3v) is 8.48. The van der Waals surface area contributed by atoms with E-state index in [1.54, 1.807) is 48.8 Å². The second kappa shape index (κ2) is 20.6. The topological polar surface area (TPSA) is 186 Å². The molecule has 0 saturated carbocycles. The number of aliphatic hydroxyl groups is 2. The van der Waals surface area contributed by atoms with Crippen LogP contribution in [0, 0.1) is 49.4 Å². The molecule has 6 aromatic rings. The molecule has 0 saturated heterocycles. The van der Waals surface area contributed by atoms with Crippen molar-refractivity contribution in [2.45, 2.75) is 29.7 Å². The minimum absolute atomic E-state index is 0. The molecular weight excluding hydrogens is 885 g/mol. The van der Waals surface area contributed by atoms with Crippen molar-refractivity contribution in [3.05, 3.63) is 115 Å². The Hall–Kier alpha value is -1.26. The number of aromatic nitrogens is 3. The maximum Gasteiger partial charge on any atom is 1.00 e. The third-order valence-electron chi connectivity index (χ3n) is 7.30. The molecule has 3 heterocycles. The zero-order valence-corrected chi connectivity index (χ0v) is 35.3. The number of benzene rings is 3. The molecule has 11 nitrogen and oxygen atoms in total. The van der Waals surface area contributed by atoms with E-state index in [-0.39, 0.29) is 125 Å². The predicted octanol–water partition coefficient (Wildman–Crippen LogP) is -0.370. The molecule has 0 fully saturated rings. The molecule has 0 aliphatic carbocycles. The number of pyridine rings is 3. The van der Waals surface area contributed by atoms with Gasteiger partial charge in [0.05, 0.1) is 22.0 Å². The number of nitrogens with zero attached hydrogens (tertiary/aromatic N) is 3. The molecule has 3 aromatic heterocycles. The van der Waals surface area contributed by atoms with Crippen LogP contribution in [0.4, 0.5) is 13.2 Å². The average molecular weight is 910 g/mol. The minimum Gasteiger partial charge on any atom is -0.744 e. The van der Waals surface area contributed by atoms with Crippen LogP contribution < -0.4 is 63.3 Å². The van der Waals surface area contributed by atoms with E-state index >= 15 is 0 Å². The van der Waals surface area contributed by atoms with Crippen LogP contribution in [0.5, 0.6) is 5.75 Å². The van der Waals surface area contributed by atoms with E-state index in [4.69, 9.17) is 5.11 Å². The van der Waals surface area contributed by atoms with Gasteiger partial charge in [0.2, 0.25) is 0 Å². The maximum atomic E-state index is 11.9. The summed E-state index contributed by atoms with van der Waals surface area (Å²) in [6.45, 7) is 0. The van der Waals surface area contributed by atoms with E-state index in [9.17, 15) is 40.0 Å². The van der Waals surface area contributed by atoms with Crippen molar-refractivity contribution in [2.24, 2.45) is 0 Å². The molecule has 0 amide bonds. The molecule has 3 atom stereocenters. The molecule has 52 heavy (non-hydrogen) atoms. The monoisotopic (exact) mass is 910 g/mol. The summed E-state index contributed by atoms with van der Waals surface area (Å²) in [5.74, 6) is 0.211. The molecule has 3 aromatic carbocycles. The van der Waals surface area contributed by atoms with Gasteiger partial charge in [-0.05, 0) is 70.3 Å². The van der Waals surface area contributed by atoms with Gasteiger partial charge in [-0.2, -0.15) is 13.2 Å². The quantitative estimate of drug-likeness (QED) is 0.0880. The Bertz CT molecular complexity index is 2230. The van der Waals surface area contributed by atoms with Crippen LogP contribution in [0.2, 0.25) is 0 Å². The van der Waals surface area contributed by atoms with Crippen molar-refractivity contribution in [2.75, 3.05) is 0 Å². The van der Waals surface area contributed by atoms with Crippen LogP contribution in [0.15, 0.2) is 115 Å². The van der Waals surface area contributed by atoms with E-state index in [1.165, 1.54) is 36.7 Å². The average Bonchev–Trinajstić information content (AvgIpc) is 3.07. The smallest absolute Gasteiger partial charge is 0.744 e. The second-order valence-corrected chi connectivity index (χ2v) is 12.4. The molecule has 3 unspecified atom stereocenters. The Labute approximate surface area is 383 Å². The zero-order chi connectivity index (χ0) is 35.3. The van der Waals surface area contributed by atoms with Gasteiger partial charge in [-0.25, -0.2) is 12.6 Å². The fourth-order valence-electron chi connectivity index (χ4n) is 4.96. The minimum atomic E-state index is -4.71. The molecule has 2 N–H and O–H groups in total. The van der Waals surface area contributed by atoms with Crippen molar-refractivity contribution in [1.82, 2.24) is 15.0 Å². The largest absolute Gasteiger partial charge is 1.00 e. The van der Waals surface area contributed by atoms with Gasteiger partial charge in [0.15, 0.2) is 6.10 Å².